The number of benzene rings is 2. The van der Waals surface area contributed by atoms with Crippen molar-refractivity contribution in [1.82, 2.24) is 4.98 Å². The van der Waals surface area contributed by atoms with Crippen LogP contribution in [0.4, 0.5) is 13.2 Å². The second kappa shape index (κ2) is 6.97. The molecule has 5 rings (SSSR count). The third-order valence-electron chi connectivity index (χ3n) is 5.54. The van der Waals surface area contributed by atoms with Crippen LogP contribution in [0.3, 0.4) is 0 Å². The first-order valence-electron chi connectivity index (χ1n) is 9.40. The molecular formula is C25H10F3N3O. The van der Waals surface area contributed by atoms with Crippen LogP contribution >= 0.6 is 0 Å². The van der Waals surface area contributed by atoms with E-state index in [-0.39, 0.29) is 28.0 Å². The lowest BCUT2D eigenvalue weighted by Crippen LogP contribution is -1.97. The number of phenols is 1. The normalized spacial score (nSPS) is 18.3. The van der Waals surface area contributed by atoms with Crippen LogP contribution in [0.2, 0.25) is 0 Å². The summed E-state index contributed by atoms with van der Waals surface area (Å²) in [4.78, 5) is 4.35. The maximum absolute atomic E-state index is 14.9. The second-order valence-electron chi connectivity index (χ2n) is 7.13. The van der Waals surface area contributed by atoms with E-state index in [0.29, 0.717) is 34.0 Å². The summed E-state index contributed by atoms with van der Waals surface area (Å²) in [5, 5.41) is 29.3. The Morgan fingerprint density at radius 1 is 0.812 bits per heavy atom. The van der Waals surface area contributed by atoms with Crippen molar-refractivity contribution in [3.05, 3.63) is 100 Å². The summed E-state index contributed by atoms with van der Waals surface area (Å²) in [5.41, 5.74) is 1.77. The van der Waals surface area contributed by atoms with Gasteiger partial charge in [0.2, 0.25) is 0 Å². The highest BCUT2D eigenvalue weighted by molar-refractivity contribution is 6.19. The van der Waals surface area contributed by atoms with Crippen molar-refractivity contribution in [2.24, 2.45) is 0 Å². The van der Waals surface area contributed by atoms with E-state index in [2.05, 4.69) is 4.98 Å². The van der Waals surface area contributed by atoms with Gasteiger partial charge in [-0.15, -0.1) is 0 Å². The molecule has 0 atom stereocenters. The standard InChI is InChI=1S/C25H10F3N3O/c26-16-11-17(27)24(28)23-14(7-9-30)19(13(6-8-29)21(16)23)20-12-3-1-5-18(32)22(12)25-15(20)4-2-10-31-25/h1-7,10-11,32H/b13-6?,14-7-,20-19-. The summed E-state index contributed by atoms with van der Waals surface area (Å²) in [6.07, 6.45) is 3.58. The Kier molecular flexibility index (Phi) is 4.21. The number of hydrogen-bond donors (Lipinski definition) is 1. The molecule has 0 saturated heterocycles. The fourth-order valence-electron chi connectivity index (χ4n) is 4.41. The lowest BCUT2D eigenvalue weighted by Gasteiger charge is -2.11. The minimum atomic E-state index is -1.40. The number of nitriles is 2. The molecule has 0 fully saturated rings. The van der Waals surface area contributed by atoms with Crippen molar-refractivity contribution in [2.45, 2.75) is 0 Å². The zero-order valence-electron chi connectivity index (χ0n) is 16.1. The Morgan fingerprint density at radius 2 is 1.50 bits per heavy atom. The smallest absolute Gasteiger partial charge is 0.167 e. The number of aromatic hydroxyl groups is 1. The van der Waals surface area contributed by atoms with Gasteiger partial charge in [-0.05, 0) is 17.7 Å². The van der Waals surface area contributed by atoms with Gasteiger partial charge < -0.3 is 5.11 Å². The number of phenolic OH excluding ortho intramolecular Hbond substituents is 1. The zero-order valence-corrected chi connectivity index (χ0v) is 16.1. The molecule has 2 aliphatic rings. The van der Waals surface area contributed by atoms with Gasteiger partial charge in [0, 0.05) is 63.4 Å². The van der Waals surface area contributed by atoms with Crippen LogP contribution in [0.1, 0.15) is 22.3 Å². The average Bonchev–Trinajstić information content (AvgIpc) is 3.26. The number of fused-ring (bicyclic) bond motifs is 4. The summed E-state index contributed by atoms with van der Waals surface area (Å²) in [6.45, 7) is 0. The van der Waals surface area contributed by atoms with Crippen LogP contribution < -0.4 is 0 Å². The van der Waals surface area contributed by atoms with Gasteiger partial charge >= 0.3 is 0 Å². The third-order valence-corrected chi connectivity index (χ3v) is 5.54. The molecule has 0 unspecified atom stereocenters. The lowest BCUT2D eigenvalue weighted by atomic mass is 9.91. The number of aromatic nitrogens is 1. The fourth-order valence-corrected chi connectivity index (χ4v) is 4.41. The van der Waals surface area contributed by atoms with E-state index in [0.717, 1.165) is 12.2 Å². The molecule has 0 spiro atoms. The predicted octanol–water partition coefficient (Wildman–Crippen LogP) is 5.51. The van der Waals surface area contributed by atoms with Crippen LogP contribution in [0.25, 0.3) is 28.0 Å². The van der Waals surface area contributed by atoms with Crippen LogP contribution in [-0.4, -0.2) is 10.1 Å². The summed E-state index contributed by atoms with van der Waals surface area (Å²) < 4.78 is 43.9. The number of halogens is 3. The van der Waals surface area contributed by atoms with Crippen LogP contribution in [0.15, 0.2) is 60.3 Å². The Hall–Kier alpha value is -4.62. The van der Waals surface area contributed by atoms with Gasteiger partial charge in [0.05, 0.1) is 23.4 Å². The number of pyridine rings is 1. The van der Waals surface area contributed by atoms with Crippen molar-refractivity contribution < 1.29 is 18.3 Å². The summed E-state index contributed by atoms with van der Waals surface area (Å²) in [7, 11) is 0. The molecule has 0 amide bonds. The van der Waals surface area contributed by atoms with E-state index >= 15 is 0 Å². The van der Waals surface area contributed by atoms with Gasteiger partial charge in [-0.3, -0.25) is 4.98 Å². The molecule has 7 heteroatoms. The van der Waals surface area contributed by atoms with Crippen molar-refractivity contribution >= 4 is 16.7 Å². The fraction of sp³-hybridized carbons (Fsp3) is 0. The van der Waals surface area contributed by atoms with E-state index < -0.39 is 23.0 Å². The quantitative estimate of drug-likeness (QED) is 0.297. The molecule has 3 aromatic rings. The maximum atomic E-state index is 14.9. The molecule has 1 N–H and O–H groups in total. The minimum Gasteiger partial charge on any atom is -0.507 e. The molecule has 2 aliphatic carbocycles. The first-order chi connectivity index (χ1) is 15.5. The highest BCUT2D eigenvalue weighted by atomic mass is 19.2. The summed E-state index contributed by atoms with van der Waals surface area (Å²) in [6, 6.07) is 12.2. The van der Waals surface area contributed by atoms with Crippen LogP contribution in [0, 0.1) is 40.1 Å². The van der Waals surface area contributed by atoms with E-state index in [4.69, 9.17) is 0 Å². The van der Waals surface area contributed by atoms with Crippen molar-refractivity contribution in [3.63, 3.8) is 0 Å². The third kappa shape index (κ3) is 2.46. The maximum Gasteiger partial charge on any atom is 0.167 e. The van der Waals surface area contributed by atoms with E-state index in [9.17, 15) is 28.8 Å². The topological polar surface area (TPSA) is 80.7 Å². The van der Waals surface area contributed by atoms with E-state index in [1.807, 2.05) is 12.1 Å². The Balaban J connectivity index is 2.02. The molecule has 152 valence electrons. The predicted molar refractivity (Wildman–Crippen MR) is 111 cm³/mol. The Bertz CT molecular complexity index is 1540. The van der Waals surface area contributed by atoms with Crippen LogP contribution in [0.5, 0.6) is 5.75 Å². The zero-order chi connectivity index (χ0) is 22.6. The average molecular weight is 425 g/mol. The Labute approximate surface area is 180 Å². The Morgan fingerprint density at radius 3 is 2.22 bits per heavy atom. The first-order valence-corrected chi connectivity index (χ1v) is 9.40. The molecule has 1 aromatic heterocycles. The lowest BCUT2D eigenvalue weighted by molar-refractivity contribution is 0.477. The van der Waals surface area contributed by atoms with Crippen LogP contribution in [-0.2, 0) is 0 Å². The van der Waals surface area contributed by atoms with E-state index in [1.165, 1.54) is 6.07 Å². The SMILES string of the molecule is N#CC=C1C(=C2/c3cccnc3-c3c(O)cccc32)/C(=C/C#N)c2c(F)c(F)cc(F)c21. The largest absolute Gasteiger partial charge is 0.507 e. The molecule has 0 aliphatic heterocycles. The molecule has 0 bridgehead atoms. The first kappa shape index (κ1) is 19.3. The van der Waals surface area contributed by atoms with Gasteiger partial charge in [-0.25, -0.2) is 13.2 Å². The summed E-state index contributed by atoms with van der Waals surface area (Å²) >= 11 is 0. The number of hydrogen-bond acceptors (Lipinski definition) is 4. The van der Waals surface area contributed by atoms with Gasteiger partial charge in [0.1, 0.15) is 11.6 Å². The number of nitrogens with zero attached hydrogens (tertiary/aromatic N) is 3. The monoisotopic (exact) mass is 425 g/mol. The highest BCUT2D eigenvalue weighted by Crippen LogP contribution is 2.56. The minimum absolute atomic E-state index is 0.0152. The molecule has 32 heavy (non-hydrogen) atoms. The molecular weight excluding hydrogens is 415 g/mol. The summed E-state index contributed by atoms with van der Waals surface area (Å²) in [5.74, 6) is -3.82. The van der Waals surface area contributed by atoms with Crippen molar-refractivity contribution in [3.8, 4) is 29.1 Å². The number of rotatable bonds is 0. The molecule has 0 radical (unpaired) electrons. The molecule has 2 aromatic carbocycles. The second-order valence-corrected chi connectivity index (χ2v) is 7.13. The van der Waals surface area contributed by atoms with Gasteiger partial charge in [0.25, 0.3) is 0 Å². The van der Waals surface area contributed by atoms with Gasteiger partial charge in [-0.2, -0.15) is 10.5 Å². The number of allylic oxidation sites excluding steroid dienone is 5. The van der Waals surface area contributed by atoms with Gasteiger partial charge in [-0.1, -0.05) is 18.2 Å². The molecule has 0 saturated carbocycles. The molecule has 1 heterocycles. The highest BCUT2D eigenvalue weighted by Gasteiger charge is 2.39. The van der Waals surface area contributed by atoms with Crippen molar-refractivity contribution in [2.75, 3.05) is 0 Å². The van der Waals surface area contributed by atoms with Gasteiger partial charge in [0.15, 0.2) is 11.6 Å². The van der Waals surface area contributed by atoms with Crippen molar-refractivity contribution in [1.29, 1.82) is 10.5 Å². The molecule has 4 nitrogen and oxygen atoms in total. The van der Waals surface area contributed by atoms with E-state index in [1.54, 1.807) is 30.5 Å².